The Kier molecular flexibility index (Phi) is 5.37. The van der Waals surface area contributed by atoms with Crippen molar-refractivity contribution in [1.29, 1.82) is 0 Å². The molecule has 1 aliphatic rings. The van der Waals surface area contributed by atoms with Crippen LogP contribution < -0.4 is 10.2 Å². The van der Waals surface area contributed by atoms with E-state index < -0.39 is 0 Å². The minimum absolute atomic E-state index is 0.0925. The smallest absolute Gasteiger partial charge is 0.247 e. The van der Waals surface area contributed by atoms with E-state index in [4.69, 9.17) is 0 Å². The second kappa shape index (κ2) is 7.87. The molecule has 0 unspecified atom stereocenters. The number of amides is 1. The third-order valence-electron chi connectivity index (χ3n) is 4.19. The van der Waals surface area contributed by atoms with Gasteiger partial charge in [0.1, 0.15) is 5.82 Å². The monoisotopic (exact) mass is 344 g/mol. The number of carbonyl (C=O) groups is 1. The summed E-state index contributed by atoms with van der Waals surface area (Å²) in [5.41, 5.74) is 1.05. The first-order valence-electron chi connectivity index (χ1n) is 8.30. The number of anilines is 2. The maximum Gasteiger partial charge on any atom is 0.247 e. The number of nitrogens with zero attached hydrogens (tertiary/aromatic N) is 5. The van der Waals surface area contributed by atoms with E-state index in [-0.39, 0.29) is 11.7 Å². The molecule has 3 rings (SSSR count). The molecule has 0 spiro atoms. The van der Waals surface area contributed by atoms with Crippen LogP contribution >= 0.6 is 0 Å². The van der Waals surface area contributed by atoms with Crippen molar-refractivity contribution >= 4 is 17.7 Å². The van der Waals surface area contributed by atoms with Gasteiger partial charge in [-0.25, -0.2) is 4.39 Å². The van der Waals surface area contributed by atoms with Crippen molar-refractivity contribution in [2.45, 2.75) is 13.3 Å². The van der Waals surface area contributed by atoms with Crippen molar-refractivity contribution in [3.8, 4) is 0 Å². The number of benzene rings is 1. The molecule has 2 aromatic rings. The number of hydrogen-bond donors (Lipinski definition) is 1. The van der Waals surface area contributed by atoms with Gasteiger partial charge in [0.15, 0.2) is 5.82 Å². The zero-order valence-corrected chi connectivity index (χ0v) is 14.2. The van der Waals surface area contributed by atoms with Crippen LogP contribution in [0.1, 0.15) is 12.5 Å². The SMILES string of the molecule is CC(=O)N1CCN(c2nncc(NCCc3ccc(F)cc3)n2)CC1. The number of halogens is 1. The molecule has 0 aliphatic carbocycles. The highest BCUT2D eigenvalue weighted by molar-refractivity contribution is 5.73. The lowest BCUT2D eigenvalue weighted by Crippen LogP contribution is -2.48. The Morgan fingerprint density at radius 2 is 1.92 bits per heavy atom. The van der Waals surface area contributed by atoms with Crippen LogP contribution in [-0.4, -0.2) is 58.7 Å². The molecule has 2 heterocycles. The van der Waals surface area contributed by atoms with Crippen LogP contribution in [-0.2, 0) is 11.2 Å². The molecule has 0 saturated carbocycles. The predicted molar refractivity (Wildman–Crippen MR) is 92.9 cm³/mol. The molecule has 1 aromatic carbocycles. The van der Waals surface area contributed by atoms with Gasteiger partial charge in [-0.2, -0.15) is 10.1 Å². The normalized spacial score (nSPS) is 14.5. The fourth-order valence-electron chi connectivity index (χ4n) is 2.72. The number of carbonyl (C=O) groups excluding carboxylic acids is 1. The van der Waals surface area contributed by atoms with Crippen LogP contribution in [0.4, 0.5) is 16.2 Å². The average molecular weight is 344 g/mol. The van der Waals surface area contributed by atoms with E-state index >= 15 is 0 Å². The van der Waals surface area contributed by atoms with Crippen molar-refractivity contribution in [2.75, 3.05) is 42.9 Å². The molecule has 7 nitrogen and oxygen atoms in total. The summed E-state index contributed by atoms with van der Waals surface area (Å²) in [4.78, 5) is 19.7. The van der Waals surface area contributed by atoms with E-state index in [1.165, 1.54) is 12.1 Å². The largest absolute Gasteiger partial charge is 0.368 e. The zero-order valence-electron chi connectivity index (χ0n) is 14.2. The summed E-state index contributed by atoms with van der Waals surface area (Å²) in [6.45, 7) is 4.98. The quantitative estimate of drug-likeness (QED) is 0.882. The highest BCUT2D eigenvalue weighted by Gasteiger charge is 2.20. The van der Waals surface area contributed by atoms with Gasteiger partial charge < -0.3 is 15.1 Å². The lowest BCUT2D eigenvalue weighted by molar-refractivity contribution is -0.129. The Hall–Kier alpha value is -2.77. The van der Waals surface area contributed by atoms with Gasteiger partial charge in [-0.15, -0.1) is 5.10 Å². The van der Waals surface area contributed by atoms with Crippen LogP contribution in [0.5, 0.6) is 0 Å². The molecular formula is C17H21FN6O. The van der Waals surface area contributed by atoms with Crippen molar-refractivity contribution < 1.29 is 9.18 Å². The van der Waals surface area contributed by atoms with Gasteiger partial charge in [-0.05, 0) is 24.1 Å². The van der Waals surface area contributed by atoms with E-state index in [9.17, 15) is 9.18 Å². The molecule has 1 saturated heterocycles. The van der Waals surface area contributed by atoms with E-state index in [1.54, 1.807) is 25.3 Å². The molecule has 0 bridgehead atoms. The van der Waals surface area contributed by atoms with Crippen molar-refractivity contribution in [3.63, 3.8) is 0 Å². The molecule has 1 aromatic heterocycles. The predicted octanol–water partition coefficient (Wildman–Crippen LogP) is 1.33. The Labute approximate surface area is 145 Å². The topological polar surface area (TPSA) is 74.2 Å². The van der Waals surface area contributed by atoms with E-state index in [0.29, 0.717) is 44.5 Å². The van der Waals surface area contributed by atoms with Crippen molar-refractivity contribution in [1.82, 2.24) is 20.1 Å². The first-order valence-corrected chi connectivity index (χ1v) is 8.30. The highest BCUT2D eigenvalue weighted by atomic mass is 19.1. The summed E-state index contributed by atoms with van der Waals surface area (Å²) in [5, 5.41) is 11.3. The summed E-state index contributed by atoms with van der Waals surface area (Å²) in [7, 11) is 0. The van der Waals surface area contributed by atoms with Gasteiger partial charge in [0.25, 0.3) is 0 Å². The van der Waals surface area contributed by atoms with Crippen LogP contribution in [0.3, 0.4) is 0 Å². The third-order valence-corrected chi connectivity index (χ3v) is 4.19. The minimum atomic E-state index is -0.230. The Bertz CT molecular complexity index is 715. The number of hydrogen-bond acceptors (Lipinski definition) is 6. The summed E-state index contributed by atoms with van der Waals surface area (Å²) in [6.07, 6.45) is 2.34. The minimum Gasteiger partial charge on any atom is -0.368 e. The molecule has 0 atom stereocenters. The van der Waals surface area contributed by atoms with Crippen LogP contribution in [0, 0.1) is 5.82 Å². The summed E-state index contributed by atoms with van der Waals surface area (Å²) in [6, 6.07) is 6.46. The first kappa shape index (κ1) is 17.1. The van der Waals surface area contributed by atoms with Crippen molar-refractivity contribution in [2.24, 2.45) is 0 Å². The Morgan fingerprint density at radius 3 is 2.60 bits per heavy atom. The maximum atomic E-state index is 12.9. The van der Waals surface area contributed by atoms with Crippen molar-refractivity contribution in [3.05, 3.63) is 41.8 Å². The van der Waals surface area contributed by atoms with Gasteiger partial charge in [0, 0.05) is 39.6 Å². The fraction of sp³-hybridized carbons (Fsp3) is 0.412. The Balaban J connectivity index is 1.53. The summed E-state index contributed by atoms with van der Waals surface area (Å²) < 4.78 is 12.9. The lowest BCUT2D eigenvalue weighted by Gasteiger charge is -2.33. The number of nitrogens with one attached hydrogen (secondary N) is 1. The van der Waals surface area contributed by atoms with Gasteiger partial charge >= 0.3 is 0 Å². The molecule has 1 amide bonds. The number of rotatable bonds is 5. The molecule has 25 heavy (non-hydrogen) atoms. The zero-order chi connectivity index (χ0) is 17.6. The van der Waals surface area contributed by atoms with E-state index in [1.807, 2.05) is 9.80 Å². The standard InChI is InChI=1S/C17H21FN6O/c1-13(25)23-8-10-24(11-9-23)17-21-16(12-20-22-17)19-7-6-14-2-4-15(18)5-3-14/h2-5,12H,6-11H2,1H3,(H,19,21,22). The van der Waals surface area contributed by atoms with Crippen LogP contribution in [0.15, 0.2) is 30.5 Å². The van der Waals surface area contributed by atoms with Crippen LogP contribution in [0.2, 0.25) is 0 Å². The highest BCUT2D eigenvalue weighted by Crippen LogP contribution is 2.12. The fourth-order valence-corrected chi connectivity index (χ4v) is 2.72. The first-order chi connectivity index (χ1) is 12.1. The Morgan fingerprint density at radius 1 is 1.20 bits per heavy atom. The van der Waals surface area contributed by atoms with Gasteiger partial charge in [-0.3, -0.25) is 4.79 Å². The molecule has 1 N–H and O–H groups in total. The molecule has 0 radical (unpaired) electrons. The maximum absolute atomic E-state index is 12.9. The van der Waals surface area contributed by atoms with E-state index in [0.717, 1.165) is 12.0 Å². The second-order valence-electron chi connectivity index (χ2n) is 5.94. The lowest BCUT2D eigenvalue weighted by atomic mass is 10.1. The molecule has 1 fully saturated rings. The molecule has 1 aliphatic heterocycles. The number of aromatic nitrogens is 3. The van der Waals surface area contributed by atoms with Crippen LogP contribution in [0.25, 0.3) is 0 Å². The van der Waals surface area contributed by atoms with Gasteiger partial charge in [0.2, 0.25) is 11.9 Å². The molecule has 132 valence electrons. The van der Waals surface area contributed by atoms with Gasteiger partial charge in [0.05, 0.1) is 6.20 Å². The summed E-state index contributed by atoms with van der Waals surface area (Å²) >= 11 is 0. The summed E-state index contributed by atoms with van der Waals surface area (Å²) in [5.74, 6) is 1.08. The number of piperazine rings is 1. The van der Waals surface area contributed by atoms with Gasteiger partial charge in [-0.1, -0.05) is 12.1 Å². The second-order valence-corrected chi connectivity index (χ2v) is 5.94. The third kappa shape index (κ3) is 4.62. The van der Waals surface area contributed by atoms with E-state index in [2.05, 4.69) is 20.5 Å². The molecular weight excluding hydrogens is 323 g/mol. The average Bonchev–Trinajstić information content (AvgIpc) is 2.64. The molecule has 8 heteroatoms.